The molecule has 212 valence electrons. The van der Waals surface area contributed by atoms with Gasteiger partial charge in [0.2, 0.25) is 0 Å². The minimum Gasteiger partial charge on any atom is -0.457 e. The molecule has 1 aliphatic heterocycles. The molecule has 0 saturated heterocycles. The van der Waals surface area contributed by atoms with Crippen LogP contribution in [0.2, 0.25) is 0 Å². The quantitative estimate of drug-likeness (QED) is 0.202. The summed E-state index contributed by atoms with van der Waals surface area (Å²) < 4.78 is 13.4. The van der Waals surface area contributed by atoms with Gasteiger partial charge in [0.1, 0.15) is 23.0 Å². The van der Waals surface area contributed by atoms with Gasteiger partial charge in [0.05, 0.1) is 17.1 Å². The summed E-state index contributed by atoms with van der Waals surface area (Å²) in [5.74, 6) is 2.56. The van der Waals surface area contributed by atoms with Crippen molar-refractivity contribution in [2.75, 3.05) is 0 Å². The first-order chi connectivity index (χ1) is 20.7. The topological polar surface area (TPSA) is 48.8 Å². The van der Waals surface area contributed by atoms with Crippen LogP contribution in [0.1, 0.15) is 56.1 Å². The van der Waals surface area contributed by atoms with E-state index >= 15 is 0 Å². The summed E-state index contributed by atoms with van der Waals surface area (Å²) in [4.78, 5) is 9.79. The molecule has 0 unspecified atom stereocenters. The number of hydrogen-bond acceptors (Lipinski definition) is 3. The van der Waals surface area contributed by atoms with Crippen LogP contribution < -0.4 is 9.30 Å². The highest BCUT2D eigenvalue weighted by molar-refractivity contribution is 6.11. The van der Waals surface area contributed by atoms with Gasteiger partial charge in [-0.25, -0.2) is 14.5 Å². The molecular weight excluding hydrogens is 530 g/mol. The van der Waals surface area contributed by atoms with Gasteiger partial charge >= 0.3 is 0 Å². The first kappa shape index (κ1) is 25.7. The molecule has 6 nitrogen and oxygen atoms in total. The molecule has 0 aliphatic carbocycles. The van der Waals surface area contributed by atoms with E-state index in [-0.39, 0.29) is 5.41 Å². The molecule has 7 aromatic rings. The third-order valence-corrected chi connectivity index (χ3v) is 8.95. The van der Waals surface area contributed by atoms with Gasteiger partial charge in [0.15, 0.2) is 5.52 Å². The van der Waals surface area contributed by atoms with E-state index in [1.807, 2.05) is 19.2 Å². The summed E-state index contributed by atoms with van der Waals surface area (Å²) in [5, 5.41) is 2.43. The Hall–Kier alpha value is -4.97. The fourth-order valence-corrected chi connectivity index (χ4v) is 6.86. The second kappa shape index (κ2) is 9.01. The van der Waals surface area contributed by atoms with Gasteiger partial charge in [-0.05, 0) is 81.3 Å². The van der Waals surface area contributed by atoms with Crippen molar-refractivity contribution in [3.8, 4) is 23.0 Å². The van der Waals surface area contributed by atoms with Crippen molar-refractivity contribution in [2.24, 2.45) is 0 Å². The number of ether oxygens (including phenoxy) is 1. The Kier molecular flexibility index (Phi) is 5.39. The summed E-state index contributed by atoms with van der Waals surface area (Å²) in [5.41, 5.74) is 9.90. The van der Waals surface area contributed by atoms with E-state index in [1.165, 1.54) is 27.4 Å². The van der Waals surface area contributed by atoms with Gasteiger partial charge in [-0.3, -0.25) is 4.57 Å². The Labute approximate surface area is 250 Å². The molecular formula is C37H34N5O+. The fraction of sp³-hybridized carbons (Fsp3) is 0.216. The zero-order valence-corrected chi connectivity index (χ0v) is 25.4. The van der Waals surface area contributed by atoms with Gasteiger partial charge < -0.3 is 4.74 Å². The minimum absolute atomic E-state index is 0.144. The molecule has 43 heavy (non-hydrogen) atoms. The Morgan fingerprint density at radius 3 is 2.51 bits per heavy atom. The van der Waals surface area contributed by atoms with Crippen molar-refractivity contribution < 1.29 is 9.30 Å². The van der Waals surface area contributed by atoms with Gasteiger partial charge in [0.25, 0.3) is 12.0 Å². The predicted octanol–water partition coefficient (Wildman–Crippen LogP) is 8.43. The number of benzene rings is 3. The molecule has 0 saturated carbocycles. The maximum Gasteiger partial charge on any atom is 0.273 e. The molecule has 4 aromatic heterocycles. The lowest BCUT2D eigenvalue weighted by atomic mass is 9.76. The molecule has 0 amide bonds. The second-order valence-electron chi connectivity index (χ2n) is 12.6. The SMILES string of the molecule is Cc1cc(Oc2ccc3c4cccc5c4n(c3c2)-c2ncccc2C5(C)C)cc(-n2c[n+](C(C)C)c3ccc(C)nc32)c1. The van der Waals surface area contributed by atoms with Crippen molar-refractivity contribution in [1.29, 1.82) is 0 Å². The molecule has 0 spiro atoms. The van der Waals surface area contributed by atoms with Crippen LogP contribution >= 0.6 is 0 Å². The van der Waals surface area contributed by atoms with Gasteiger partial charge in [-0.1, -0.05) is 38.1 Å². The Morgan fingerprint density at radius 1 is 0.837 bits per heavy atom. The summed E-state index contributed by atoms with van der Waals surface area (Å²) in [6.07, 6.45) is 4.03. The normalized spacial score (nSPS) is 13.7. The van der Waals surface area contributed by atoms with E-state index in [4.69, 9.17) is 14.7 Å². The third kappa shape index (κ3) is 3.75. The van der Waals surface area contributed by atoms with E-state index in [0.29, 0.717) is 6.04 Å². The van der Waals surface area contributed by atoms with E-state index in [1.54, 1.807) is 0 Å². The summed E-state index contributed by atoms with van der Waals surface area (Å²) in [6, 6.07) is 28.2. The number of imidazole rings is 1. The Morgan fingerprint density at radius 2 is 1.67 bits per heavy atom. The van der Waals surface area contributed by atoms with Crippen LogP contribution in [0, 0.1) is 13.8 Å². The van der Waals surface area contributed by atoms with Crippen molar-refractivity contribution >= 4 is 33.0 Å². The highest BCUT2D eigenvalue weighted by atomic mass is 16.5. The van der Waals surface area contributed by atoms with Crippen molar-refractivity contribution in [3.63, 3.8) is 0 Å². The maximum absolute atomic E-state index is 6.62. The van der Waals surface area contributed by atoms with Crippen molar-refractivity contribution in [3.05, 3.63) is 114 Å². The highest BCUT2D eigenvalue weighted by Crippen LogP contribution is 2.47. The lowest BCUT2D eigenvalue weighted by Gasteiger charge is -2.33. The number of para-hydroxylation sites is 1. The standard InChI is InChI=1S/C37H34N5O/c1-22(2)40-21-41(36-32(40)15-12-24(4)39-36)25-17-23(3)18-27(19-25)43-26-13-14-28-29-9-7-10-30-34(29)42(33(28)20-26)35-31(37(30,5)6)11-8-16-38-35/h7-22H,1-6H3/q+1. The number of fused-ring (bicyclic) bond motifs is 6. The van der Waals surface area contributed by atoms with Crippen molar-refractivity contribution in [2.45, 2.75) is 53.0 Å². The minimum atomic E-state index is -0.144. The third-order valence-electron chi connectivity index (χ3n) is 8.95. The van der Waals surface area contributed by atoms with Gasteiger partial charge in [-0.15, -0.1) is 0 Å². The molecule has 1 aliphatic rings. The second-order valence-corrected chi connectivity index (χ2v) is 12.6. The summed E-state index contributed by atoms with van der Waals surface area (Å²) in [6.45, 7) is 13.1. The van der Waals surface area contributed by atoms with Crippen LogP contribution in [0.3, 0.4) is 0 Å². The lowest BCUT2D eigenvalue weighted by molar-refractivity contribution is -0.691. The lowest BCUT2D eigenvalue weighted by Crippen LogP contribution is -2.34. The Balaban J connectivity index is 1.27. The average molecular weight is 565 g/mol. The van der Waals surface area contributed by atoms with Crippen LogP contribution in [0.5, 0.6) is 11.5 Å². The predicted molar refractivity (Wildman–Crippen MR) is 172 cm³/mol. The van der Waals surface area contributed by atoms with E-state index < -0.39 is 0 Å². The summed E-state index contributed by atoms with van der Waals surface area (Å²) >= 11 is 0. The molecule has 5 heterocycles. The zero-order chi connectivity index (χ0) is 29.6. The van der Waals surface area contributed by atoms with Crippen LogP contribution in [0.25, 0.3) is 44.5 Å². The first-order valence-electron chi connectivity index (χ1n) is 14.9. The monoisotopic (exact) mass is 564 g/mol. The van der Waals surface area contributed by atoms with E-state index in [9.17, 15) is 0 Å². The van der Waals surface area contributed by atoms with Gasteiger partial charge in [0, 0.05) is 45.8 Å². The first-order valence-corrected chi connectivity index (χ1v) is 14.9. The van der Waals surface area contributed by atoms with Crippen LogP contribution in [0.4, 0.5) is 0 Å². The molecule has 0 fully saturated rings. The van der Waals surface area contributed by atoms with Crippen LogP contribution in [-0.2, 0) is 5.41 Å². The molecule has 0 atom stereocenters. The molecule has 6 heteroatoms. The smallest absolute Gasteiger partial charge is 0.273 e. The number of rotatable bonds is 4. The molecule has 3 aromatic carbocycles. The van der Waals surface area contributed by atoms with Gasteiger partial charge in [-0.2, -0.15) is 4.57 Å². The maximum atomic E-state index is 6.62. The molecule has 0 N–H and O–H groups in total. The number of pyridine rings is 2. The van der Waals surface area contributed by atoms with Crippen molar-refractivity contribution in [1.82, 2.24) is 19.1 Å². The average Bonchev–Trinajstić information content (AvgIpc) is 3.52. The zero-order valence-electron chi connectivity index (χ0n) is 25.4. The molecule has 0 radical (unpaired) electrons. The van der Waals surface area contributed by atoms with Crippen LogP contribution in [-0.4, -0.2) is 19.1 Å². The van der Waals surface area contributed by atoms with Crippen LogP contribution in [0.15, 0.2) is 91.4 Å². The number of aromatic nitrogens is 5. The molecule has 8 rings (SSSR count). The highest BCUT2D eigenvalue weighted by Gasteiger charge is 2.35. The van der Waals surface area contributed by atoms with E-state index in [0.717, 1.165) is 50.9 Å². The molecule has 0 bridgehead atoms. The summed E-state index contributed by atoms with van der Waals surface area (Å²) in [7, 11) is 0. The fourth-order valence-electron chi connectivity index (χ4n) is 6.86. The number of nitrogens with zero attached hydrogens (tertiary/aromatic N) is 5. The van der Waals surface area contributed by atoms with E-state index in [2.05, 4.69) is 127 Å². The Bertz CT molecular complexity index is 2250. The number of hydrogen-bond donors (Lipinski definition) is 0. The largest absolute Gasteiger partial charge is 0.457 e. The number of aryl methyl sites for hydroxylation is 2.